The van der Waals surface area contributed by atoms with Gasteiger partial charge < -0.3 is 19.4 Å². The molecule has 45 heavy (non-hydrogen) atoms. The number of nitrogens with one attached hydrogen (secondary N) is 2. The first kappa shape index (κ1) is 26.5. The van der Waals surface area contributed by atoms with E-state index in [2.05, 4.69) is 70.7 Å². The Labute approximate surface area is 260 Å². The number of aromatic amines is 2. The van der Waals surface area contributed by atoms with E-state index in [9.17, 15) is 0 Å². The maximum atomic E-state index is 6.61. The van der Waals surface area contributed by atoms with Gasteiger partial charge >= 0.3 is 0 Å². The van der Waals surface area contributed by atoms with Crippen LogP contribution >= 0.6 is 0 Å². The van der Waals surface area contributed by atoms with Crippen molar-refractivity contribution in [3.8, 4) is 39.5 Å². The molecule has 5 heterocycles. The van der Waals surface area contributed by atoms with Gasteiger partial charge in [-0.1, -0.05) is 60.7 Å². The summed E-state index contributed by atoms with van der Waals surface area (Å²) in [6.07, 6.45) is 8.18. The van der Waals surface area contributed by atoms with Crippen LogP contribution in [0.15, 0.2) is 115 Å². The third kappa shape index (κ3) is 5.08. The van der Waals surface area contributed by atoms with E-state index in [1.807, 2.05) is 78.9 Å². The molecule has 0 atom stereocenters. The van der Waals surface area contributed by atoms with Crippen molar-refractivity contribution < 1.29 is 9.47 Å². The molecule has 0 amide bonds. The molecule has 6 aromatic rings. The highest BCUT2D eigenvalue weighted by Gasteiger charge is 2.17. The van der Waals surface area contributed by atoms with Gasteiger partial charge in [0.1, 0.15) is 17.2 Å². The molecule has 2 aliphatic rings. The van der Waals surface area contributed by atoms with E-state index in [1.54, 1.807) is 7.11 Å². The summed E-state index contributed by atoms with van der Waals surface area (Å²) >= 11 is 0. The zero-order valence-corrected chi connectivity index (χ0v) is 24.5. The smallest absolute Gasteiger partial charge is 0.176 e. The van der Waals surface area contributed by atoms with Gasteiger partial charge in [-0.3, -0.25) is 0 Å². The summed E-state index contributed by atoms with van der Waals surface area (Å²) in [4.78, 5) is 17.5. The lowest BCUT2D eigenvalue weighted by atomic mass is 10.0. The molecule has 6 heteroatoms. The predicted octanol–water partition coefficient (Wildman–Crippen LogP) is 9.79. The molecular weight excluding hydrogens is 556 g/mol. The molecule has 0 radical (unpaired) electrons. The van der Waals surface area contributed by atoms with E-state index >= 15 is 0 Å². The number of methoxy groups -OCH3 is 1. The van der Waals surface area contributed by atoms with Crippen LogP contribution in [0.1, 0.15) is 22.8 Å². The number of fused-ring (bicyclic) bond motifs is 8. The maximum absolute atomic E-state index is 6.61. The molecule has 2 N–H and O–H groups in total. The Morgan fingerprint density at radius 2 is 1.09 bits per heavy atom. The van der Waals surface area contributed by atoms with Crippen molar-refractivity contribution in [1.82, 2.24) is 19.9 Å². The fraction of sp³-hybridized carbons (Fsp3) is 0.0256. The molecule has 0 fully saturated rings. The number of ether oxygens (including phenoxy) is 2. The van der Waals surface area contributed by atoms with Crippen molar-refractivity contribution >= 4 is 46.4 Å². The van der Waals surface area contributed by atoms with Gasteiger partial charge in [0.25, 0.3) is 0 Å². The van der Waals surface area contributed by atoms with E-state index < -0.39 is 0 Å². The minimum absolute atomic E-state index is 0.612. The van der Waals surface area contributed by atoms with Crippen molar-refractivity contribution in [1.29, 1.82) is 0 Å². The van der Waals surface area contributed by atoms with E-state index in [-0.39, 0.29) is 0 Å². The molecule has 6 nitrogen and oxygen atoms in total. The number of benzene rings is 3. The highest BCUT2D eigenvalue weighted by atomic mass is 16.5. The molecule has 0 saturated heterocycles. The Morgan fingerprint density at radius 1 is 0.511 bits per heavy atom. The van der Waals surface area contributed by atoms with Crippen LogP contribution in [0.4, 0.5) is 0 Å². The Hall–Kier alpha value is -6.14. The Morgan fingerprint density at radius 3 is 1.80 bits per heavy atom. The van der Waals surface area contributed by atoms with Gasteiger partial charge in [-0.2, -0.15) is 0 Å². The van der Waals surface area contributed by atoms with Crippen LogP contribution in [-0.2, 0) is 0 Å². The van der Waals surface area contributed by atoms with Crippen LogP contribution in [0.3, 0.4) is 0 Å². The normalized spacial score (nSPS) is 11.9. The van der Waals surface area contributed by atoms with Crippen molar-refractivity contribution in [2.75, 3.05) is 7.11 Å². The molecule has 0 spiro atoms. The van der Waals surface area contributed by atoms with Gasteiger partial charge in [-0.05, 0) is 90.0 Å². The molecule has 2 aliphatic heterocycles. The summed E-state index contributed by atoms with van der Waals surface area (Å²) in [6.45, 7) is 0. The number of hydrogen-bond donors (Lipinski definition) is 2. The van der Waals surface area contributed by atoms with Crippen molar-refractivity contribution in [3.63, 3.8) is 0 Å². The monoisotopic (exact) mass is 584 g/mol. The highest BCUT2D eigenvalue weighted by Crippen LogP contribution is 2.37. The summed E-state index contributed by atoms with van der Waals surface area (Å²) in [5, 5.41) is 0. The predicted molar refractivity (Wildman–Crippen MR) is 183 cm³/mol. The summed E-state index contributed by atoms with van der Waals surface area (Å²) < 4.78 is 12.0. The Balaban J connectivity index is 1.47. The first-order valence-electron chi connectivity index (χ1n) is 14.8. The molecule has 8 bridgehead atoms. The van der Waals surface area contributed by atoms with Gasteiger partial charge in [0.15, 0.2) is 5.75 Å². The van der Waals surface area contributed by atoms with Crippen LogP contribution in [0, 0.1) is 0 Å². The zero-order chi connectivity index (χ0) is 30.2. The second-order valence-corrected chi connectivity index (χ2v) is 10.8. The van der Waals surface area contributed by atoms with Crippen LogP contribution in [0.2, 0.25) is 0 Å². The van der Waals surface area contributed by atoms with E-state index in [4.69, 9.17) is 19.4 Å². The molecule has 216 valence electrons. The molecule has 3 aromatic carbocycles. The summed E-state index contributed by atoms with van der Waals surface area (Å²) in [7, 11) is 1.65. The first-order chi connectivity index (χ1) is 22.2. The molecule has 3 aromatic heterocycles. The minimum atomic E-state index is 0.612. The number of nitrogens with zero attached hydrogens (tertiary/aromatic N) is 2. The van der Waals surface area contributed by atoms with Crippen molar-refractivity contribution in [2.24, 2.45) is 0 Å². The summed E-state index contributed by atoms with van der Waals surface area (Å²) in [5.41, 5.74) is 11.1. The average molecular weight is 585 g/mol. The quantitative estimate of drug-likeness (QED) is 0.211. The van der Waals surface area contributed by atoms with Crippen molar-refractivity contribution in [3.05, 3.63) is 138 Å². The van der Waals surface area contributed by atoms with E-state index in [0.29, 0.717) is 17.2 Å². The maximum Gasteiger partial charge on any atom is 0.176 e. The van der Waals surface area contributed by atoms with Gasteiger partial charge in [0, 0.05) is 27.7 Å². The highest BCUT2D eigenvalue weighted by molar-refractivity contribution is 5.94. The van der Waals surface area contributed by atoms with Gasteiger partial charge in [0.2, 0.25) is 0 Å². The standard InChI is InChI=1S/C39H28N4O2/c1-44-29-14-16-30(17-15-29)45-39-35-22-20-33(42-35)37(25-8-4-2-5-9-25)31-18-12-27(40-31)24-28-13-19-32(41-28)38(26-10-6-3-7-11-26)34-21-23-36(39)43-34/h2-24,40,43H,1H3. The number of hydrogen-bond acceptors (Lipinski definition) is 4. The summed E-state index contributed by atoms with van der Waals surface area (Å²) in [6, 6.07) is 38.6. The Bertz CT molecular complexity index is 2230. The van der Waals surface area contributed by atoms with Crippen LogP contribution in [-0.4, -0.2) is 27.0 Å². The molecular formula is C39H28N4O2. The SMILES string of the molecule is COc1ccc(Oc2c3nc(c(-c4ccccc4)c4ccc(cc5nc(c(-c6ccccc6)c6ccc2[nH]6)C=C5)[nH]4)C=C3)cc1. The molecule has 0 aliphatic carbocycles. The van der Waals surface area contributed by atoms with E-state index in [1.165, 1.54) is 0 Å². The molecule has 0 unspecified atom stereocenters. The Kier molecular flexibility index (Phi) is 6.57. The zero-order valence-electron chi connectivity index (χ0n) is 24.5. The first-order valence-corrected chi connectivity index (χ1v) is 14.8. The average Bonchev–Trinajstić information content (AvgIpc) is 3.91. The van der Waals surface area contributed by atoms with Crippen LogP contribution < -0.4 is 9.47 Å². The third-order valence-electron chi connectivity index (χ3n) is 7.93. The van der Waals surface area contributed by atoms with Crippen LogP contribution in [0.5, 0.6) is 17.2 Å². The second-order valence-electron chi connectivity index (χ2n) is 10.8. The van der Waals surface area contributed by atoms with Gasteiger partial charge in [-0.15, -0.1) is 0 Å². The number of aromatic nitrogens is 4. The third-order valence-corrected chi connectivity index (χ3v) is 7.93. The van der Waals surface area contributed by atoms with Gasteiger partial charge in [-0.25, -0.2) is 9.97 Å². The lowest BCUT2D eigenvalue weighted by molar-refractivity contribution is 0.413. The summed E-state index contributed by atoms with van der Waals surface area (Å²) in [5.74, 6) is 2.04. The van der Waals surface area contributed by atoms with Crippen LogP contribution in [0.25, 0.3) is 68.6 Å². The lowest BCUT2D eigenvalue weighted by Crippen LogP contribution is -1.90. The lowest BCUT2D eigenvalue weighted by Gasteiger charge is -2.08. The number of H-pyrrole nitrogens is 2. The fourth-order valence-corrected chi connectivity index (χ4v) is 5.80. The fourth-order valence-electron chi connectivity index (χ4n) is 5.80. The number of rotatable bonds is 5. The van der Waals surface area contributed by atoms with Gasteiger partial charge in [0.05, 0.1) is 29.7 Å². The van der Waals surface area contributed by atoms with Crippen molar-refractivity contribution in [2.45, 2.75) is 0 Å². The topological polar surface area (TPSA) is 75.8 Å². The van der Waals surface area contributed by atoms with E-state index in [0.717, 1.165) is 67.2 Å². The molecule has 0 saturated carbocycles. The molecule has 8 rings (SSSR count). The minimum Gasteiger partial charge on any atom is -0.497 e. The largest absolute Gasteiger partial charge is 0.497 e. The second kappa shape index (κ2) is 11.2.